The minimum absolute atomic E-state index is 0.0870. The zero-order valence-corrected chi connectivity index (χ0v) is 15.1. The average Bonchev–Trinajstić information content (AvgIpc) is 3.14. The number of methoxy groups -OCH3 is 1. The first-order valence-electron chi connectivity index (χ1n) is 9.51. The number of ether oxygens (including phenoxy) is 1. The fourth-order valence-electron chi connectivity index (χ4n) is 4.95. The summed E-state index contributed by atoms with van der Waals surface area (Å²) in [4.78, 5) is 25.3. The molecule has 3 aliphatic heterocycles. The van der Waals surface area contributed by atoms with Crippen LogP contribution in [-0.4, -0.2) is 78.2 Å². The molecule has 1 amide bonds. The monoisotopic (exact) mass is 347 g/mol. The number of nitrogens with one attached hydrogen (secondary N) is 2. The molecule has 2 saturated heterocycles. The molecular weight excluding hydrogens is 318 g/mol. The first-order valence-corrected chi connectivity index (χ1v) is 9.51. The van der Waals surface area contributed by atoms with Crippen LogP contribution in [0.4, 0.5) is 0 Å². The van der Waals surface area contributed by atoms with Crippen molar-refractivity contribution in [1.29, 1.82) is 0 Å². The van der Waals surface area contributed by atoms with E-state index < -0.39 is 0 Å². The van der Waals surface area contributed by atoms with Crippen LogP contribution in [0.2, 0.25) is 0 Å². The predicted octanol–water partition coefficient (Wildman–Crippen LogP) is 0.484. The molecule has 7 heteroatoms. The summed E-state index contributed by atoms with van der Waals surface area (Å²) >= 11 is 0. The summed E-state index contributed by atoms with van der Waals surface area (Å²) in [6, 6.07) is 0.636. The molecule has 4 rings (SSSR count). The van der Waals surface area contributed by atoms with Crippen molar-refractivity contribution >= 4 is 5.91 Å². The molecule has 2 N–H and O–H groups in total. The number of piperidine rings is 2. The van der Waals surface area contributed by atoms with E-state index in [2.05, 4.69) is 25.1 Å². The van der Waals surface area contributed by atoms with Gasteiger partial charge in [-0.15, -0.1) is 0 Å². The van der Waals surface area contributed by atoms with Crippen LogP contribution < -0.4 is 5.32 Å². The summed E-state index contributed by atoms with van der Waals surface area (Å²) in [5, 5.41) is 3.52. The molecule has 1 atom stereocenters. The van der Waals surface area contributed by atoms with Crippen LogP contribution in [-0.2, 0) is 21.5 Å². The van der Waals surface area contributed by atoms with Crippen molar-refractivity contribution in [1.82, 2.24) is 25.1 Å². The topological polar surface area (TPSA) is 73.5 Å². The van der Waals surface area contributed by atoms with Crippen LogP contribution in [0, 0.1) is 0 Å². The summed E-state index contributed by atoms with van der Waals surface area (Å²) in [6.07, 6.45) is 7.08. The van der Waals surface area contributed by atoms with Crippen molar-refractivity contribution in [3.8, 4) is 0 Å². The van der Waals surface area contributed by atoms with E-state index in [-0.39, 0.29) is 18.1 Å². The number of nitrogens with zero attached hydrogens (tertiary/aromatic N) is 3. The number of carbonyl (C=O) groups excluding carboxylic acids is 1. The summed E-state index contributed by atoms with van der Waals surface area (Å²) in [5.74, 6) is 0.0870. The Morgan fingerprint density at radius 3 is 2.96 bits per heavy atom. The van der Waals surface area contributed by atoms with Crippen molar-refractivity contribution in [2.75, 3.05) is 46.4 Å². The van der Waals surface area contributed by atoms with Gasteiger partial charge in [-0.2, -0.15) is 0 Å². The number of hydrogen-bond donors (Lipinski definition) is 2. The fourth-order valence-corrected chi connectivity index (χ4v) is 4.95. The van der Waals surface area contributed by atoms with Crippen molar-refractivity contribution < 1.29 is 9.53 Å². The number of fused-ring (bicyclic) bond motifs is 2. The quantitative estimate of drug-likeness (QED) is 0.832. The summed E-state index contributed by atoms with van der Waals surface area (Å²) in [5.41, 5.74) is 2.03. The second-order valence-electron chi connectivity index (χ2n) is 7.53. The van der Waals surface area contributed by atoms with E-state index in [0.29, 0.717) is 6.04 Å². The van der Waals surface area contributed by atoms with Gasteiger partial charge in [-0.3, -0.25) is 9.69 Å². The van der Waals surface area contributed by atoms with Gasteiger partial charge in [-0.05, 0) is 32.2 Å². The van der Waals surface area contributed by atoms with Gasteiger partial charge in [0.2, 0.25) is 5.91 Å². The Morgan fingerprint density at radius 2 is 2.24 bits per heavy atom. The number of H-pyrrole nitrogens is 1. The van der Waals surface area contributed by atoms with Crippen LogP contribution >= 0.6 is 0 Å². The highest BCUT2D eigenvalue weighted by Gasteiger charge is 2.49. The first-order chi connectivity index (χ1) is 12.2. The van der Waals surface area contributed by atoms with Crippen LogP contribution in [0.5, 0.6) is 0 Å². The average molecular weight is 347 g/mol. The molecule has 2 fully saturated rings. The molecule has 138 valence electrons. The van der Waals surface area contributed by atoms with Crippen molar-refractivity contribution in [3.63, 3.8) is 0 Å². The van der Waals surface area contributed by atoms with Crippen LogP contribution in [0.3, 0.4) is 0 Å². The Kier molecular flexibility index (Phi) is 4.80. The van der Waals surface area contributed by atoms with Crippen molar-refractivity contribution in [2.45, 2.75) is 43.7 Å². The fraction of sp³-hybridized carbons (Fsp3) is 0.778. The first kappa shape index (κ1) is 17.0. The SMILES string of the molecule is COCC(=O)N1CCc2[nH]cnc2C12CCN([C@H]1CCCNC1)CC2. The number of aromatic nitrogens is 2. The number of imidazole rings is 1. The number of amides is 1. The molecule has 1 spiro atoms. The second kappa shape index (κ2) is 7.05. The van der Waals surface area contributed by atoms with Gasteiger partial charge in [-0.25, -0.2) is 4.98 Å². The maximum atomic E-state index is 12.7. The Bertz CT molecular complexity index is 602. The number of carbonyl (C=O) groups is 1. The molecule has 0 bridgehead atoms. The zero-order valence-electron chi connectivity index (χ0n) is 15.1. The lowest BCUT2D eigenvalue weighted by atomic mass is 9.78. The molecule has 0 aliphatic carbocycles. The van der Waals surface area contributed by atoms with Crippen molar-refractivity contribution in [2.24, 2.45) is 0 Å². The number of rotatable bonds is 3. The second-order valence-corrected chi connectivity index (χ2v) is 7.53. The smallest absolute Gasteiger partial charge is 0.249 e. The van der Waals surface area contributed by atoms with Crippen LogP contribution in [0.1, 0.15) is 37.1 Å². The molecule has 1 aromatic heterocycles. The molecule has 0 unspecified atom stereocenters. The number of aromatic amines is 1. The third-order valence-electron chi connectivity index (χ3n) is 6.24. The van der Waals surface area contributed by atoms with E-state index in [4.69, 9.17) is 4.74 Å². The van der Waals surface area contributed by atoms with Gasteiger partial charge in [0.1, 0.15) is 6.61 Å². The molecular formula is C18H29N5O2. The summed E-state index contributed by atoms with van der Waals surface area (Å²) < 4.78 is 5.14. The maximum absolute atomic E-state index is 12.7. The van der Waals surface area contributed by atoms with Gasteiger partial charge in [0.05, 0.1) is 17.6 Å². The molecule has 0 saturated carbocycles. The molecule has 25 heavy (non-hydrogen) atoms. The zero-order chi connectivity index (χ0) is 17.3. The highest BCUT2D eigenvalue weighted by molar-refractivity contribution is 5.79. The molecule has 7 nitrogen and oxygen atoms in total. The molecule has 3 aliphatic rings. The lowest BCUT2D eigenvalue weighted by Crippen LogP contribution is -2.60. The Hall–Kier alpha value is -1.44. The molecule has 1 aromatic rings. The highest BCUT2D eigenvalue weighted by Crippen LogP contribution is 2.42. The lowest BCUT2D eigenvalue weighted by Gasteiger charge is -2.51. The Balaban J connectivity index is 1.56. The van der Waals surface area contributed by atoms with E-state index in [9.17, 15) is 4.79 Å². The number of likely N-dealkylation sites (tertiary alicyclic amines) is 1. The lowest BCUT2D eigenvalue weighted by molar-refractivity contribution is -0.146. The van der Waals surface area contributed by atoms with Gasteiger partial charge in [0.15, 0.2) is 0 Å². The van der Waals surface area contributed by atoms with Crippen molar-refractivity contribution in [3.05, 3.63) is 17.7 Å². The van der Waals surface area contributed by atoms with E-state index >= 15 is 0 Å². The van der Waals surface area contributed by atoms with Gasteiger partial charge >= 0.3 is 0 Å². The molecule has 4 heterocycles. The van der Waals surface area contributed by atoms with E-state index in [0.717, 1.165) is 57.7 Å². The molecule has 0 radical (unpaired) electrons. The van der Waals surface area contributed by atoms with E-state index in [1.165, 1.54) is 18.5 Å². The van der Waals surface area contributed by atoms with Gasteiger partial charge in [-0.1, -0.05) is 0 Å². The third kappa shape index (κ3) is 2.98. The minimum atomic E-state index is -0.262. The summed E-state index contributed by atoms with van der Waals surface area (Å²) in [7, 11) is 1.59. The largest absolute Gasteiger partial charge is 0.375 e. The van der Waals surface area contributed by atoms with E-state index in [1.54, 1.807) is 13.4 Å². The highest BCUT2D eigenvalue weighted by atomic mass is 16.5. The van der Waals surface area contributed by atoms with Gasteiger partial charge in [0.25, 0.3) is 0 Å². The standard InChI is InChI=1S/C18H29N5O2/c1-25-12-16(24)23-8-4-15-17(21-13-20-15)18(23)5-9-22(10-6-18)14-3-2-7-19-11-14/h13-14,19H,2-12H2,1H3,(H,20,21)/t14-/m0/s1. The minimum Gasteiger partial charge on any atom is -0.375 e. The Labute approximate surface area is 149 Å². The maximum Gasteiger partial charge on any atom is 0.249 e. The summed E-state index contributed by atoms with van der Waals surface area (Å²) in [6.45, 7) is 5.18. The number of hydrogen-bond acceptors (Lipinski definition) is 5. The normalized spacial score (nSPS) is 26.6. The third-order valence-corrected chi connectivity index (χ3v) is 6.24. The van der Waals surface area contributed by atoms with Crippen LogP contribution in [0.15, 0.2) is 6.33 Å². The van der Waals surface area contributed by atoms with Crippen LogP contribution in [0.25, 0.3) is 0 Å². The van der Waals surface area contributed by atoms with Gasteiger partial charge in [0, 0.05) is 51.4 Å². The predicted molar refractivity (Wildman–Crippen MR) is 94.3 cm³/mol. The van der Waals surface area contributed by atoms with E-state index in [1.807, 2.05) is 0 Å². The molecule has 0 aromatic carbocycles. The van der Waals surface area contributed by atoms with Gasteiger partial charge < -0.3 is 19.9 Å². The Morgan fingerprint density at radius 1 is 1.40 bits per heavy atom.